The maximum absolute atomic E-state index is 13.0. The molecule has 2 heterocycles. The molecule has 1 aromatic heterocycles. The Morgan fingerprint density at radius 1 is 1.08 bits per heavy atom. The first kappa shape index (κ1) is 18.3. The van der Waals surface area contributed by atoms with Crippen LogP contribution < -0.4 is 4.90 Å². The summed E-state index contributed by atoms with van der Waals surface area (Å²) >= 11 is 0. The maximum Gasteiger partial charge on any atom is 0.259 e. The minimum Gasteiger partial charge on any atom is -0.353 e. The zero-order valence-electron chi connectivity index (χ0n) is 15.9. The van der Waals surface area contributed by atoms with Crippen LogP contribution in [0.2, 0.25) is 0 Å². The minimum absolute atomic E-state index is 0.00328. The van der Waals surface area contributed by atoms with E-state index < -0.39 is 0 Å². The van der Waals surface area contributed by atoms with Crippen molar-refractivity contribution in [2.75, 3.05) is 51.2 Å². The van der Waals surface area contributed by atoms with Crippen molar-refractivity contribution >= 4 is 11.7 Å². The van der Waals surface area contributed by atoms with Gasteiger partial charge in [-0.3, -0.25) is 4.79 Å². The molecule has 3 rings (SSSR count). The van der Waals surface area contributed by atoms with Gasteiger partial charge in [0.2, 0.25) is 0 Å². The van der Waals surface area contributed by atoms with Crippen LogP contribution in [-0.4, -0.2) is 72.0 Å². The first-order chi connectivity index (χ1) is 12.6. The third kappa shape index (κ3) is 3.85. The molecule has 0 bridgehead atoms. The fourth-order valence-electron chi connectivity index (χ4n) is 3.19. The number of amides is 1. The Balaban J connectivity index is 2.01. The van der Waals surface area contributed by atoms with Crippen LogP contribution in [0, 0.1) is 0 Å². The van der Waals surface area contributed by atoms with E-state index in [4.69, 9.17) is 4.98 Å². The van der Waals surface area contributed by atoms with Gasteiger partial charge in [-0.05, 0) is 20.9 Å². The van der Waals surface area contributed by atoms with Crippen LogP contribution in [0.1, 0.15) is 24.2 Å². The van der Waals surface area contributed by atoms with Gasteiger partial charge in [-0.1, -0.05) is 30.3 Å². The molecule has 0 saturated carbocycles. The monoisotopic (exact) mass is 353 g/mol. The van der Waals surface area contributed by atoms with E-state index in [1.165, 1.54) is 0 Å². The van der Waals surface area contributed by atoms with Crippen LogP contribution in [0.5, 0.6) is 0 Å². The number of carbonyl (C=O) groups excluding carboxylic acids is 1. The van der Waals surface area contributed by atoms with Gasteiger partial charge in [0.25, 0.3) is 5.91 Å². The number of rotatable bonds is 5. The fourth-order valence-corrected chi connectivity index (χ4v) is 3.19. The van der Waals surface area contributed by atoms with Gasteiger partial charge in [0.1, 0.15) is 11.4 Å². The van der Waals surface area contributed by atoms with E-state index in [0.29, 0.717) is 24.5 Å². The summed E-state index contributed by atoms with van der Waals surface area (Å²) in [6.45, 7) is 9.00. The molecule has 6 nitrogen and oxygen atoms in total. The second kappa shape index (κ2) is 8.27. The number of hydrogen-bond donors (Lipinski definition) is 0. The highest BCUT2D eigenvalue weighted by molar-refractivity contribution is 5.99. The number of anilines is 1. The lowest BCUT2D eigenvalue weighted by Gasteiger charge is -2.34. The molecule has 138 valence electrons. The van der Waals surface area contributed by atoms with E-state index in [1.807, 2.05) is 49.1 Å². The first-order valence-electron chi connectivity index (χ1n) is 9.29. The molecule has 1 aliphatic rings. The molecular formula is C20H27N5O. The Morgan fingerprint density at radius 3 is 2.35 bits per heavy atom. The molecule has 6 heteroatoms. The predicted molar refractivity (Wildman–Crippen MR) is 104 cm³/mol. The standard InChI is InChI=1S/C20H27N5O/c1-4-24(5-2)20(26)17-15-21-18(16-9-7-6-8-10-16)22-19(17)25-13-11-23(3)12-14-25/h6-10,15H,4-5,11-14H2,1-3H3. The topological polar surface area (TPSA) is 52.6 Å². The highest BCUT2D eigenvalue weighted by Gasteiger charge is 2.25. The summed E-state index contributed by atoms with van der Waals surface area (Å²) in [7, 11) is 2.12. The molecule has 26 heavy (non-hydrogen) atoms. The number of likely N-dealkylation sites (N-methyl/N-ethyl adjacent to an activating group) is 1. The summed E-state index contributed by atoms with van der Waals surface area (Å²) in [5.74, 6) is 1.42. The van der Waals surface area contributed by atoms with Crippen LogP contribution >= 0.6 is 0 Å². The van der Waals surface area contributed by atoms with E-state index in [2.05, 4.69) is 21.8 Å². The van der Waals surface area contributed by atoms with Crippen molar-refractivity contribution in [1.82, 2.24) is 19.8 Å². The molecule has 0 N–H and O–H groups in total. The van der Waals surface area contributed by atoms with Crippen molar-refractivity contribution in [2.45, 2.75) is 13.8 Å². The van der Waals surface area contributed by atoms with Gasteiger partial charge in [0.05, 0.1) is 0 Å². The molecule has 2 aromatic rings. The lowest BCUT2D eigenvalue weighted by molar-refractivity contribution is 0.0772. The van der Waals surface area contributed by atoms with Crippen molar-refractivity contribution in [3.8, 4) is 11.4 Å². The summed E-state index contributed by atoms with van der Waals surface area (Å²) in [5.41, 5.74) is 1.56. The van der Waals surface area contributed by atoms with Crippen LogP contribution in [0.15, 0.2) is 36.5 Å². The Kier molecular flexibility index (Phi) is 5.83. The van der Waals surface area contributed by atoms with E-state index in [0.717, 1.165) is 37.6 Å². The van der Waals surface area contributed by atoms with Crippen LogP contribution in [0.3, 0.4) is 0 Å². The van der Waals surface area contributed by atoms with Gasteiger partial charge in [0.15, 0.2) is 5.82 Å². The smallest absolute Gasteiger partial charge is 0.259 e. The van der Waals surface area contributed by atoms with E-state index >= 15 is 0 Å². The molecule has 0 atom stereocenters. The molecule has 0 unspecified atom stereocenters. The molecule has 1 amide bonds. The van der Waals surface area contributed by atoms with Gasteiger partial charge >= 0.3 is 0 Å². The number of carbonyl (C=O) groups is 1. The van der Waals surface area contributed by atoms with Crippen LogP contribution in [0.4, 0.5) is 5.82 Å². The molecular weight excluding hydrogens is 326 g/mol. The number of benzene rings is 1. The summed E-state index contributed by atoms with van der Waals surface area (Å²) in [6, 6.07) is 9.92. The zero-order valence-corrected chi connectivity index (χ0v) is 15.9. The molecule has 1 aromatic carbocycles. The van der Waals surface area contributed by atoms with Crippen LogP contribution in [0.25, 0.3) is 11.4 Å². The van der Waals surface area contributed by atoms with Gasteiger partial charge in [-0.2, -0.15) is 0 Å². The number of nitrogens with zero attached hydrogens (tertiary/aromatic N) is 5. The van der Waals surface area contributed by atoms with Gasteiger partial charge in [-0.15, -0.1) is 0 Å². The van der Waals surface area contributed by atoms with E-state index in [-0.39, 0.29) is 5.91 Å². The molecule has 0 aliphatic carbocycles. The van der Waals surface area contributed by atoms with Crippen molar-refractivity contribution in [3.05, 3.63) is 42.1 Å². The minimum atomic E-state index is 0.00328. The highest BCUT2D eigenvalue weighted by Crippen LogP contribution is 2.24. The number of piperazine rings is 1. The number of aromatic nitrogens is 2. The Bertz CT molecular complexity index is 737. The second-order valence-electron chi connectivity index (χ2n) is 6.56. The van der Waals surface area contributed by atoms with Gasteiger partial charge in [-0.25, -0.2) is 9.97 Å². The van der Waals surface area contributed by atoms with Gasteiger partial charge in [0, 0.05) is 51.0 Å². The predicted octanol–water partition coefficient (Wildman–Crippen LogP) is 2.38. The first-order valence-corrected chi connectivity index (χ1v) is 9.29. The van der Waals surface area contributed by atoms with Crippen molar-refractivity contribution in [1.29, 1.82) is 0 Å². The largest absolute Gasteiger partial charge is 0.353 e. The Hall–Kier alpha value is -2.47. The highest BCUT2D eigenvalue weighted by atomic mass is 16.2. The van der Waals surface area contributed by atoms with Crippen molar-refractivity contribution in [3.63, 3.8) is 0 Å². The van der Waals surface area contributed by atoms with Gasteiger partial charge < -0.3 is 14.7 Å². The summed E-state index contributed by atoms with van der Waals surface area (Å²) in [5, 5.41) is 0. The summed E-state index contributed by atoms with van der Waals surface area (Å²) in [6.07, 6.45) is 1.70. The maximum atomic E-state index is 13.0. The fraction of sp³-hybridized carbons (Fsp3) is 0.450. The van der Waals surface area contributed by atoms with E-state index in [1.54, 1.807) is 6.20 Å². The van der Waals surface area contributed by atoms with Crippen LogP contribution in [-0.2, 0) is 0 Å². The summed E-state index contributed by atoms with van der Waals surface area (Å²) in [4.78, 5) is 28.6. The average Bonchev–Trinajstić information content (AvgIpc) is 2.69. The molecule has 0 radical (unpaired) electrons. The lowest BCUT2D eigenvalue weighted by Crippen LogP contribution is -2.46. The van der Waals surface area contributed by atoms with E-state index in [9.17, 15) is 4.79 Å². The molecule has 1 saturated heterocycles. The normalized spacial score (nSPS) is 15.1. The van der Waals surface area contributed by atoms with Crippen molar-refractivity contribution in [2.24, 2.45) is 0 Å². The Morgan fingerprint density at radius 2 is 1.73 bits per heavy atom. The second-order valence-corrected chi connectivity index (χ2v) is 6.56. The molecule has 0 spiro atoms. The third-order valence-corrected chi connectivity index (χ3v) is 4.88. The molecule has 1 fully saturated rings. The zero-order chi connectivity index (χ0) is 18.5. The average molecular weight is 353 g/mol. The SMILES string of the molecule is CCN(CC)C(=O)c1cnc(-c2ccccc2)nc1N1CCN(C)CC1. The number of hydrogen-bond acceptors (Lipinski definition) is 5. The third-order valence-electron chi connectivity index (χ3n) is 4.88. The van der Waals surface area contributed by atoms with Crippen molar-refractivity contribution < 1.29 is 4.79 Å². The quantitative estimate of drug-likeness (QED) is 0.826. The Labute approximate surface area is 155 Å². The molecule has 1 aliphatic heterocycles. The lowest BCUT2D eigenvalue weighted by atomic mass is 10.2. The summed E-state index contributed by atoms with van der Waals surface area (Å²) < 4.78 is 0.